The molecule has 2 fully saturated rings. The predicted molar refractivity (Wildman–Crippen MR) is 106 cm³/mol. The Labute approximate surface area is 153 Å². The van der Waals surface area contributed by atoms with E-state index in [9.17, 15) is 0 Å². The van der Waals surface area contributed by atoms with Gasteiger partial charge in [0.05, 0.1) is 0 Å². The van der Waals surface area contributed by atoms with Crippen molar-refractivity contribution in [2.75, 3.05) is 0 Å². The lowest BCUT2D eigenvalue weighted by Gasteiger charge is -2.27. The van der Waals surface area contributed by atoms with Gasteiger partial charge in [-0.2, -0.15) is 0 Å². The number of hydrogen-bond donors (Lipinski definition) is 0. The average Bonchev–Trinajstić information content (AvgIpc) is 2.62. The molecule has 0 radical (unpaired) electrons. The minimum Gasteiger partial charge on any atom is -0.0882 e. The second-order valence-electron chi connectivity index (χ2n) is 8.29. The van der Waals surface area contributed by atoms with E-state index in [0.717, 1.165) is 28.7 Å². The van der Waals surface area contributed by atoms with Crippen LogP contribution in [0.15, 0.2) is 36.4 Å². The minimum atomic E-state index is 0.746. The molecule has 3 rings (SSSR count). The monoisotopic (exact) mass is 344 g/mol. The molecule has 0 spiro atoms. The highest BCUT2D eigenvalue weighted by Crippen LogP contribution is 2.37. The van der Waals surface area contributed by atoms with Gasteiger partial charge in [0.25, 0.3) is 0 Å². The normalized spacial score (nSPS) is 31.4. The Balaban J connectivity index is 1.35. The molecule has 0 nitrogen and oxygen atoms in total. The summed E-state index contributed by atoms with van der Waals surface area (Å²) in [6.45, 7) is 2.41. The van der Waals surface area contributed by atoms with E-state index in [1.54, 1.807) is 0 Å². The first-order valence-electron chi connectivity index (χ1n) is 10.1. The van der Waals surface area contributed by atoms with Gasteiger partial charge < -0.3 is 0 Å². The van der Waals surface area contributed by atoms with Crippen molar-refractivity contribution >= 4 is 11.6 Å². The Morgan fingerprint density at radius 3 is 2.25 bits per heavy atom. The smallest absolute Gasteiger partial charge is 0.0406 e. The second-order valence-corrected chi connectivity index (χ2v) is 8.73. The summed E-state index contributed by atoms with van der Waals surface area (Å²) in [4.78, 5) is 0. The van der Waals surface area contributed by atoms with E-state index in [2.05, 4.69) is 31.2 Å². The summed E-state index contributed by atoms with van der Waals surface area (Å²) in [7, 11) is 0. The zero-order valence-corrected chi connectivity index (χ0v) is 16.0. The molecule has 1 heteroatoms. The number of benzene rings is 1. The third-order valence-corrected chi connectivity index (χ3v) is 6.65. The Kier molecular flexibility index (Phi) is 6.84. The van der Waals surface area contributed by atoms with Crippen molar-refractivity contribution < 1.29 is 0 Å². The van der Waals surface area contributed by atoms with Crippen LogP contribution in [0.25, 0.3) is 0 Å². The largest absolute Gasteiger partial charge is 0.0882 e. The highest BCUT2D eigenvalue weighted by atomic mass is 35.5. The van der Waals surface area contributed by atoms with E-state index >= 15 is 0 Å². The number of rotatable bonds is 5. The number of hydrogen-bond acceptors (Lipinski definition) is 0. The highest BCUT2D eigenvalue weighted by Gasteiger charge is 2.21. The first-order valence-corrected chi connectivity index (χ1v) is 10.5. The van der Waals surface area contributed by atoms with Crippen LogP contribution in [-0.4, -0.2) is 0 Å². The van der Waals surface area contributed by atoms with Crippen LogP contribution in [0.5, 0.6) is 0 Å². The highest BCUT2D eigenvalue weighted by molar-refractivity contribution is 6.30. The van der Waals surface area contributed by atoms with E-state index < -0.39 is 0 Å². The van der Waals surface area contributed by atoms with Gasteiger partial charge in [0.15, 0.2) is 0 Å². The fraction of sp³-hybridized carbons (Fsp3) is 0.652. The van der Waals surface area contributed by atoms with Gasteiger partial charge >= 0.3 is 0 Å². The van der Waals surface area contributed by atoms with Gasteiger partial charge in [-0.1, -0.05) is 68.5 Å². The fourth-order valence-electron chi connectivity index (χ4n) is 4.62. The predicted octanol–water partition coefficient (Wildman–Crippen LogP) is 7.78. The van der Waals surface area contributed by atoms with Crippen LogP contribution in [0, 0.1) is 17.8 Å². The molecule has 1 aromatic rings. The molecule has 2 aliphatic carbocycles. The molecule has 0 unspecified atom stereocenters. The van der Waals surface area contributed by atoms with Crippen molar-refractivity contribution in [3.05, 3.63) is 47.0 Å². The van der Waals surface area contributed by atoms with Gasteiger partial charge in [-0.15, -0.1) is 0 Å². The van der Waals surface area contributed by atoms with Crippen LogP contribution in [0.3, 0.4) is 0 Å². The third kappa shape index (κ3) is 5.38. The van der Waals surface area contributed by atoms with Crippen LogP contribution < -0.4 is 0 Å². The van der Waals surface area contributed by atoms with Crippen LogP contribution in [-0.2, 0) is 0 Å². The maximum absolute atomic E-state index is 6.00. The van der Waals surface area contributed by atoms with Crippen molar-refractivity contribution in [1.82, 2.24) is 0 Å². The fourth-order valence-corrected chi connectivity index (χ4v) is 4.74. The lowest BCUT2D eigenvalue weighted by atomic mass is 9.78. The maximum atomic E-state index is 6.00. The second kappa shape index (κ2) is 9.09. The van der Waals surface area contributed by atoms with Crippen molar-refractivity contribution in [2.24, 2.45) is 17.8 Å². The molecular weight excluding hydrogens is 312 g/mol. The molecule has 132 valence electrons. The summed E-state index contributed by atoms with van der Waals surface area (Å²) in [6.07, 6.45) is 19.0. The zero-order valence-electron chi connectivity index (χ0n) is 15.2. The van der Waals surface area contributed by atoms with E-state index in [0.29, 0.717) is 0 Å². The lowest BCUT2D eigenvalue weighted by Crippen LogP contribution is -2.12. The molecule has 2 aliphatic rings. The van der Waals surface area contributed by atoms with Crippen LogP contribution in [0.4, 0.5) is 0 Å². The quantitative estimate of drug-likeness (QED) is 0.478. The van der Waals surface area contributed by atoms with Crippen LogP contribution in [0.2, 0.25) is 5.02 Å². The molecule has 0 saturated heterocycles. The van der Waals surface area contributed by atoms with Crippen LogP contribution >= 0.6 is 11.6 Å². The van der Waals surface area contributed by atoms with E-state index in [4.69, 9.17) is 11.6 Å². The zero-order chi connectivity index (χ0) is 16.8. The summed E-state index contributed by atoms with van der Waals surface area (Å²) < 4.78 is 0. The SMILES string of the molecule is CC1CCC(CC/C=C/C2CCC(c3ccc(Cl)cc3)CC2)CC1. The van der Waals surface area contributed by atoms with Gasteiger partial charge in [-0.25, -0.2) is 0 Å². The molecule has 0 aliphatic heterocycles. The van der Waals surface area contributed by atoms with E-state index in [-0.39, 0.29) is 0 Å². The summed E-state index contributed by atoms with van der Waals surface area (Å²) in [5.74, 6) is 3.55. The Morgan fingerprint density at radius 2 is 1.58 bits per heavy atom. The number of halogens is 1. The van der Waals surface area contributed by atoms with Gasteiger partial charge in [0, 0.05) is 5.02 Å². The standard InChI is InChI=1S/C23H33Cl/c1-18-6-8-19(9-7-18)4-2-3-5-20-10-12-21(13-11-20)22-14-16-23(24)17-15-22/h3,5,14-21H,2,4,6-13H2,1H3/b5-3+. The third-order valence-electron chi connectivity index (χ3n) is 6.40. The molecule has 0 atom stereocenters. The van der Waals surface area contributed by atoms with Gasteiger partial charge in [0.1, 0.15) is 0 Å². The van der Waals surface area contributed by atoms with E-state index in [1.165, 1.54) is 69.8 Å². The summed E-state index contributed by atoms with van der Waals surface area (Å²) in [5, 5.41) is 0.850. The summed E-state index contributed by atoms with van der Waals surface area (Å²) >= 11 is 6.00. The Morgan fingerprint density at radius 1 is 0.917 bits per heavy atom. The molecule has 1 aromatic carbocycles. The first kappa shape index (κ1) is 18.1. The molecule has 0 aromatic heterocycles. The van der Waals surface area contributed by atoms with Crippen molar-refractivity contribution in [3.8, 4) is 0 Å². The van der Waals surface area contributed by atoms with Gasteiger partial charge in [-0.05, 0) is 79.9 Å². The molecule has 0 amide bonds. The van der Waals surface area contributed by atoms with Gasteiger partial charge in [-0.3, -0.25) is 0 Å². The average molecular weight is 345 g/mol. The van der Waals surface area contributed by atoms with Crippen molar-refractivity contribution in [1.29, 1.82) is 0 Å². The van der Waals surface area contributed by atoms with Crippen LogP contribution in [0.1, 0.15) is 82.6 Å². The Bertz CT molecular complexity index is 499. The lowest BCUT2D eigenvalue weighted by molar-refractivity contribution is 0.278. The molecule has 24 heavy (non-hydrogen) atoms. The molecule has 2 saturated carbocycles. The van der Waals surface area contributed by atoms with Gasteiger partial charge in [0.2, 0.25) is 0 Å². The Hall–Kier alpha value is -0.750. The first-order chi connectivity index (χ1) is 11.7. The summed E-state index contributed by atoms with van der Waals surface area (Å²) in [5.41, 5.74) is 1.48. The van der Waals surface area contributed by atoms with Crippen molar-refractivity contribution in [2.45, 2.75) is 77.0 Å². The summed E-state index contributed by atoms with van der Waals surface area (Å²) in [6, 6.07) is 8.51. The molecule has 0 bridgehead atoms. The maximum Gasteiger partial charge on any atom is 0.0406 e. The topological polar surface area (TPSA) is 0 Å². The minimum absolute atomic E-state index is 0.746. The molecular formula is C23H33Cl. The van der Waals surface area contributed by atoms with E-state index in [1.807, 2.05) is 12.1 Å². The van der Waals surface area contributed by atoms with Crippen molar-refractivity contribution in [3.63, 3.8) is 0 Å². The molecule has 0 N–H and O–H groups in total. The molecule has 0 heterocycles. The number of allylic oxidation sites excluding steroid dienone is 2.